The average Bonchev–Trinajstić information content (AvgIpc) is 2.92. The predicted octanol–water partition coefficient (Wildman–Crippen LogP) is 3.14. The van der Waals surface area contributed by atoms with E-state index in [1.165, 1.54) is 13.0 Å². The fraction of sp³-hybridized carbons (Fsp3) is 0.375. The maximum Gasteiger partial charge on any atom is 0.342 e. The molecule has 0 heterocycles. The number of rotatable bonds is 3. The zero-order valence-electron chi connectivity index (χ0n) is 12.0. The first-order chi connectivity index (χ1) is 9.91. The highest BCUT2D eigenvalue weighted by Crippen LogP contribution is 2.24. The third-order valence-electron chi connectivity index (χ3n) is 3.06. The Morgan fingerprint density at radius 2 is 1.76 bits per heavy atom. The van der Waals surface area contributed by atoms with Gasteiger partial charge in [-0.25, -0.2) is 9.59 Å². The monoisotopic (exact) mass is 292 g/mol. The van der Waals surface area contributed by atoms with Crippen LogP contribution in [0.3, 0.4) is 0 Å². The summed E-state index contributed by atoms with van der Waals surface area (Å²) in [4.78, 5) is 21.2. The number of phenolic OH excluding ortho intramolecular Hbond substituents is 1. The number of carboxylic acid groups (broad SMARTS) is 1. The Morgan fingerprint density at radius 1 is 1.24 bits per heavy atom. The second kappa shape index (κ2) is 8.09. The molecule has 1 aliphatic rings. The van der Waals surface area contributed by atoms with Crippen LogP contribution in [0.15, 0.2) is 36.4 Å². The van der Waals surface area contributed by atoms with Crippen molar-refractivity contribution in [1.29, 1.82) is 0 Å². The lowest BCUT2D eigenvalue weighted by Crippen LogP contribution is -2.14. The van der Waals surface area contributed by atoms with Crippen molar-refractivity contribution in [3.8, 4) is 5.75 Å². The van der Waals surface area contributed by atoms with Crippen LogP contribution in [0, 0.1) is 0 Å². The Kier molecular flexibility index (Phi) is 6.46. The Balaban J connectivity index is 0.000000315. The van der Waals surface area contributed by atoms with Gasteiger partial charge in [-0.05, 0) is 44.7 Å². The largest absolute Gasteiger partial charge is 0.507 e. The molecule has 1 aliphatic carbocycles. The van der Waals surface area contributed by atoms with Crippen molar-refractivity contribution in [2.24, 2.45) is 0 Å². The smallest absolute Gasteiger partial charge is 0.342 e. The normalized spacial score (nSPS) is 14.0. The third-order valence-corrected chi connectivity index (χ3v) is 3.06. The summed E-state index contributed by atoms with van der Waals surface area (Å²) in [5, 5.41) is 17.3. The van der Waals surface area contributed by atoms with Crippen molar-refractivity contribution in [1.82, 2.24) is 0 Å². The molecule has 0 atom stereocenters. The van der Waals surface area contributed by atoms with E-state index in [9.17, 15) is 14.7 Å². The van der Waals surface area contributed by atoms with Gasteiger partial charge in [0.15, 0.2) is 0 Å². The summed E-state index contributed by atoms with van der Waals surface area (Å²) in [5.74, 6) is -1.37. The molecule has 0 amide bonds. The van der Waals surface area contributed by atoms with Gasteiger partial charge in [-0.1, -0.05) is 18.7 Å². The highest BCUT2D eigenvalue weighted by Gasteiger charge is 2.21. The number of carbonyl (C=O) groups excluding carboxylic acids is 1. The van der Waals surface area contributed by atoms with Crippen molar-refractivity contribution >= 4 is 11.9 Å². The van der Waals surface area contributed by atoms with Crippen molar-refractivity contribution in [2.75, 3.05) is 0 Å². The van der Waals surface area contributed by atoms with Crippen LogP contribution in [0.4, 0.5) is 0 Å². The molecular formula is C16H20O5. The Bertz CT molecular complexity index is 503. The number of benzene rings is 1. The average molecular weight is 292 g/mol. The minimum atomic E-state index is -0.935. The van der Waals surface area contributed by atoms with E-state index in [1.54, 1.807) is 18.2 Å². The fourth-order valence-electron chi connectivity index (χ4n) is 1.87. The van der Waals surface area contributed by atoms with Crippen molar-refractivity contribution in [2.45, 2.75) is 38.7 Å². The molecule has 5 heteroatoms. The molecule has 1 aromatic carbocycles. The molecule has 1 fully saturated rings. The number of phenols is 1. The predicted molar refractivity (Wildman–Crippen MR) is 78.2 cm³/mol. The summed E-state index contributed by atoms with van der Waals surface area (Å²) in [6.45, 7) is 4.60. The van der Waals surface area contributed by atoms with E-state index in [-0.39, 0.29) is 23.0 Å². The van der Waals surface area contributed by atoms with Crippen LogP contribution in [0.2, 0.25) is 0 Å². The molecular weight excluding hydrogens is 272 g/mol. The van der Waals surface area contributed by atoms with Gasteiger partial charge in [0, 0.05) is 5.57 Å². The molecule has 1 saturated carbocycles. The number of hydrogen-bond donors (Lipinski definition) is 2. The topological polar surface area (TPSA) is 83.8 Å². The van der Waals surface area contributed by atoms with Gasteiger partial charge in [0.2, 0.25) is 0 Å². The summed E-state index contributed by atoms with van der Waals surface area (Å²) in [6, 6.07) is 6.46. The summed E-state index contributed by atoms with van der Waals surface area (Å²) < 4.78 is 5.28. The van der Waals surface area contributed by atoms with Gasteiger partial charge in [-0.3, -0.25) is 0 Å². The quantitative estimate of drug-likeness (QED) is 0.660. The van der Waals surface area contributed by atoms with Crippen LogP contribution in [0.25, 0.3) is 0 Å². The molecule has 0 spiro atoms. The maximum absolute atomic E-state index is 11.6. The molecule has 21 heavy (non-hydrogen) atoms. The van der Waals surface area contributed by atoms with E-state index >= 15 is 0 Å². The molecule has 114 valence electrons. The van der Waals surface area contributed by atoms with Crippen LogP contribution in [-0.2, 0) is 9.53 Å². The standard InChI is InChI=1S/C12H14O3.C4H6O2/c13-11-8-4-3-7-10(11)12(14)15-9-5-1-2-6-9;1-3(2)4(5)6/h3-4,7-9,13H,1-2,5-6H2;1H2,2H3,(H,5,6). The van der Waals surface area contributed by atoms with E-state index in [0.717, 1.165) is 25.7 Å². The van der Waals surface area contributed by atoms with E-state index in [0.29, 0.717) is 0 Å². The summed E-state index contributed by atoms with van der Waals surface area (Å²) in [7, 11) is 0. The van der Waals surface area contributed by atoms with Crippen molar-refractivity contribution in [3.63, 3.8) is 0 Å². The zero-order valence-corrected chi connectivity index (χ0v) is 12.0. The molecule has 0 unspecified atom stereocenters. The first kappa shape index (κ1) is 16.8. The minimum Gasteiger partial charge on any atom is -0.507 e. The highest BCUT2D eigenvalue weighted by atomic mass is 16.5. The van der Waals surface area contributed by atoms with Gasteiger partial charge in [-0.2, -0.15) is 0 Å². The van der Waals surface area contributed by atoms with E-state index in [2.05, 4.69) is 6.58 Å². The number of esters is 1. The minimum absolute atomic E-state index is 0.0134. The number of aromatic hydroxyl groups is 1. The van der Waals surface area contributed by atoms with Crippen LogP contribution >= 0.6 is 0 Å². The van der Waals surface area contributed by atoms with Crippen molar-refractivity contribution < 1.29 is 24.5 Å². The lowest BCUT2D eigenvalue weighted by molar-refractivity contribution is -0.132. The van der Waals surface area contributed by atoms with Crippen molar-refractivity contribution in [3.05, 3.63) is 42.0 Å². The summed E-state index contributed by atoms with van der Waals surface area (Å²) in [5.41, 5.74) is 0.430. The van der Waals surface area contributed by atoms with Crippen LogP contribution in [0.5, 0.6) is 5.75 Å². The maximum atomic E-state index is 11.6. The Hall–Kier alpha value is -2.30. The second-order valence-corrected chi connectivity index (χ2v) is 4.91. The molecule has 2 N–H and O–H groups in total. The number of aliphatic carboxylic acids is 1. The van der Waals surface area contributed by atoms with E-state index in [1.807, 2.05) is 0 Å². The number of carboxylic acids is 1. The van der Waals surface area contributed by atoms with E-state index in [4.69, 9.17) is 9.84 Å². The van der Waals surface area contributed by atoms with E-state index < -0.39 is 11.9 Å². The Labute approximate surface area is 123 Å². The highest BCUT2D eigenvalue weighted by molar-refractivity contribution is 5.92. The fourth-order valence-corrected chi connectivity index (χ4v) is 1.87. The SMILES string of the molecule is C=C(C)C(=O)O.O=C(OC1CCCC1)c1ccccc1O. The lowest BCUT2D eigenvalue weighted by Gasteiger charge is -2.11. The number of hydrogen-bond acceptors (Lipinski definition) is 4. The van der Waals surface area contributed by atoms with Gasteiger partial charge in [0.25, 0.3) is 0 Å². The first-order valence-electron chi connectivity index (χ1n) is 6.79. The van der Waals surface area contributed by atoms with Gasteiger partial charge >= 0.3 is 11.9 Å². The molecule has 0 bridgehead atoms. The number of carbonyl (C=O) groups is 2. The van der Waals surface area contributed by atoms with Gasteiger partial charge < -0.3 is 14.9 Å². The second-order valence-electron chi connectivity index (χ2n) is 4.91. The molecule has 0 aromatic heterocycles. The number of ether oxygens (including phenoxy) is 1. The molecule has 0 radical (unpaired) electrons. The Morgan fingerprint density at radius 3 is 2.24 bits per heavy atom. The lowest BCUT2D eigenvalue weighted by atomic mass is 10.2. The van der Waals surface area contributed by atoms with Gasteiger partial charge in [-0.15, -0.1) is 0 Å². The molecule has 0 saturated heterocycles. The number of para-hydroxylation sites is 1. The summed E-state index contributed by atoms with van der Waals surface area (Å²) in [6.07, 6.45) is 4.17. The zero-order chi connectivity index (χ0) is 15.8. The van der Waals surface area contributed by atoms with Gasteiger partial charge in [0.05, 0.1) is 0 Å². The molecule has 0 aliphatic heterocycles. The molecule has 5 nitrogen and oxygen atoms in total. The third kappa shape index (κ3) is 5.69. The first-order valence-corrected chi connectivity index (χ1v) is 6.79. The molecule has 1 aromatic rings. The summed E-state index contributed by atoms with van der Waals surface area (Å²) >= 11 is 0. The van der Waals surface area contributed by atoms with Crippen LogP contribution in [-0.4, -0.2) is 28.3 Å². The van der Waals surface area contributed by atoms with Crippen LogP contribution < -0.4 is 0 Å². The van der Waals surface area contributed by atoms with Gasteiger partial charge in [0.1, 0.15) is 17.4 Å². The van der Waals surface area contributed by atoms with Crippen LogP contribution in [0.1, 0.15) is 43.0 Å². The molecule has 2 rings (SSSR count).